The van der Waals surface area contributed by atoms with Gasteiger partial charge >= 0.3 is 0 Å². The third-order valence-electron chi connectivity index (χ3n) is 2.09. The van der Waals surface area contributed by atoms with Crippen LogP contribution >= 0.6 is 11.8 Å². The predicted octanol–water partition coefficient (Wildman–Crippen LogP) is -0.583. The summed E-state index contributed by atoms with van der Waals surface area (Å²) in [6, 6.07) is -0.0871. The van der Waals surface area contributed by atoms with Gasteiger partial charge in [0, 0.05) is 17.0 Å². The molecule has 0 saturated heterocycles. The minimum Gasteiger partial charge on any atom is -0.395 e. The lowest BCUT2D eigenvalue weighted by Gasteiger charge is -2.25. The lowest BCUT2D eigenvalue weighted by atomic mass is 10.0. The summed E-state index contributed by atoms with van der Waals surface area (Å²) in [5.41, 5.74) is 5.87. The highest BCUT2D eigenvalue weighted by molar-refractivity contribution is 8.00. The second-order valence-corrected chi connectivity index (χ2v) is 4.98. The highest BCUT2D eigenvalue weighted by Gasteiger charge is 2.21. The third kappa shape index (κ3) is 5.17. The molecule has 0 bridgehead atoms. The van der Waals surface area contributed by atoms with E-state index < -0.39 is 6.10 Å². The highest BCUT2D eigenvalue weighted by Crippen LogP contribution is 2.18. The van der Waals surface area contributed by atoms with E-state index in [2.05, 4.69) is 0 Å². The molecule has 0 fully saturated rings. The standard InChI is InChI=1S/C9H21NO3S/c1-6(2)9(10)8(4-12)14-5-7(13)3-11/h6-9,11-13H,3-5,10H2,1-2H3. The molecule has 0 saturated carbocycles. The zero-order valence-corrected chi connectivity index (χ0v) is 9.57. The summed E-state index contributed by atoms with van der Waals surface area (Å²) >= 11 is 1.41. The molecule has 14 heavy (non-hydrogen) atoms. The van der Waals surface area contributed by atoms with Crippen molar-refractivity contribution in [3.8, 4) is 0 Å². The van der Waals surface area contributed by atoms with Gasteiger partial charge < -0.3 is 21.1 Å². The molecule has 0 aromatic rings. The number of hydrogen-bond donors (Lipinski definition) is 4. The van der Waals surface area contributed by atoms with E-state index >= 15 is 0 Å². The topological polar surface area (TPSA) is 86.7 Å². The molecular weight excluding hydrogens is 202 g/mol. The smallest absolute Gasteiger partial charge is 0.0861 e. The first-order valence-electron chi connectivity index (χ1n) is 4.79. The van der Waals surface area contributed by atoms with Crippen LogP contribution in [0.3, 0.4) is 0 Å². The number of nitrogens with two attached hydrogens (primary N) is 1. The largest absolute Gasteiger partial charge is 0.395 e. The number of thioether (sulfide) groups is 1. The number of aliphatic hydroxyl groups excluding tert-OH is 3. The molecule has 0 rings (SSSR count). The van der Waals surface area contributed by atoms with Gasteiger partial charge in [0.15, 0.2) is 0 Å². The van der Waals surface area contributed by atoms with Crippen molar-refractivity contribution < 1.29 is 15.3 Å². The number of aliphatic hydroxyl groups is 3. The summed E-state index contributed by atoms with van der Waals surface area (Å²) < 4.78 is 0. The van der Waals surface area contributed by atoms with Crippen LogP contribution in [0, 0.1) is 5.92 Å². The molecule has 0 aliphatic carbocycles. The van der Waals surface area contributed by atoms with Crippen LogP contribution in [-0.4, -0.2) is 51.7 Å². The second kappa shape index (κ2) is 7.48. The molecule has 4 nitrogen and oxygen atoms in total. The van der Waals surface area contributed by atoms with E-state index in [0.717, 1.165) is 0 Å². The molecule has 3 unspecified atom stereocenters. The molecule has 0 aliphatic heterocycles. The zero-order chi connectivity index (χ0) is 11.1. The summed E-state index contributed by atoms with van der Waals surface area (Å²) in [4.78, 5) is 0. The van der Waals surface area contributed by atoms with Gasteiger partial charge in [-0.2, -0.15) is 11.8 Å². The quantitative estimate of drug-likeness (QED) is 0.464. The Bertz CT molecular complexity index is 146. The van der Waals surface area contributed by atoms with Crippen molar-refractivity contribution in [1.82, 2.24) is 0 Å². The van der Waals surface area contributed by atoms with E-state index in [-0.39, 0.29) is 24.5 Å². The average Bonchev–Trinajstić information content (AvgIpc) is 2.17. The SMILES string of the molecule is CC(C)C(N)C(CO)SCC(O)CO. The average molecular weight is 223 g/mol. The van der Waals surface area contributed by atoms with Crippen LogP contribution in [0.2, 0.25) is 0 Å². The maximum absolute atomic E-state index is 9.13. The van der Waals surface area contributed by atoms with Crippen LogP contribution in [0.4, 0.5) is 0 Å². The van der Waals surface area contributed by atoms with Crippen LogP contribution in [0.25, 0.3) is 0 Å². The summed E-state index contributed by atoms with van der Waals surface area (Å²) in [6.45, 7) is 3.75. The Morgan fingerprint density at radius 2 is 1.79 bits per heavy atom. The van der Waals surface area contributed by atoms with Gasteiger partial charge in [-0.1, -0.05) is 13.8 Å². The normalized spacial score (nSPS) is 18.2. The first-order valence-corrected chi connectivity index (χ1v) is 5.84. The molecule has 0 radical (unpaired) electrons. The lowest BCUT2D eigenvalue weighted by Crippen LogP contribution is -2.40. The zero-order valence-electron chi connectivity index (χ0n) is 8.76. The third-order valence-corrected chi connectivity index (χ3v) is 3.56. The van der Waals surface area contributed by atoms with Crippen molar-refractivity contribution in [2.75, 3.05) is 19.0 Å². The van der Waals surface area contributed by atoms with Crippen LogP contribution in [-0.2, 0) is 0 Å². The molecule has 0 amide bonds. The molecule has 3 atom stereocenters. The van der Waals surface area contributed by atoms with Gasteiger partial charge in [0.2, 0.25) is 0 Å². The summed E-state index contributed by atoms with van der Waals surface area (Å²) in [5, 5.41) is 26.8. The van der Waals surface area contributed by atoms with E-state index in [9.17, 15) is 0 Å². The monoisotopic (exact) mass is 223 g/mol. The highest BCUT2D eigenvalue weighted by atomic mass is 32.2. The molecule has 86 valence electrons. The molecule has 0 aromatic carbocycles. The summed E-state index contributed by atoms with van der Waals surface area (Å²) in [5.74, 6) is 0.702. The lowest BCUT2D eigenvalue weighted by molar-refractivity contribution is 0.113. The first-order chi connectivity index (χ1) is 6.52. The maximum atomic E-state index is 9.13. The van der Waals surface area contributed by atoms with Crippen LogP contribution in [0.5, 0.6) is 0 Å². The number of hydrogen-bond acceptors (Lipinski definition) is 5. The molecular formula is C9H21NO3S. The van der Waals surface area contributed by atoms with Crippen molar-refractivity contribution in [2.24, 2.45) is 11.7 Å². The second-order valence-electron chi connectivity index (χ2n) is 3.71. The van der Waals surface area contributed by atoms with E-state index in [1.165, 1.54) is 11.8 Å². The Labute approximate surface area is 89.5 Å². The van der Waals surface area contributed by atoms with Gasteiger partial charge in [0.05, 0.1) is 19.3 Å². The molecule has 0 aliphatic rings. The van der Waals surface area contributed by atoms with Gasteiger partial charge in [0.25, 0.3) is 0 Å². The van der Waals surface area contributed by atoms with Gasteiger partial charge in [-0.25, -0.2) is 0 Å². The van der Waals surface area contributed by atoms with Crippen LogP contribution in [0.1, 0.15) is 13.8 Å². The maximum Gasteiger partial charge on any atom is 0.0861 e. The Morgan fingerprint density at radius 3 is 2.14 bits per heavy atom. The van der Waals surface area contributed by atoms with E-state index in [4.69, 9.17) is 21.1 Å². The van der Waals surface area contributed by atoms with Crippen molar-refractivity contribution in [2.45, 2.75) is 31.2 Å². The summed E-state index contributed by atoms with van der Waals surface area (Å²) in [6.07, 6.45) is -0.728. The molecule has 0 aromatic heterocycles. The Morgan fingerprint density at radius 1 is 1.21 bits per heavy atom. The molecule has 5 heteroatoms. The van der Waals surface area contributed by atoms with Crippen molar-refractivity contribution in [3.63, 3.8) is 0 Å². The molecule has 0 spiro atoms. The van der Waals surface area contributed by atoms with Crippen molar-refractivity contribution in [1.29, 1.82) is 0 Å². The fourth-order valence-corrected chi connectivity index (χ4v) is 2.22. The Kier molecular flexibility index (Phi) is 7.58. The minimum absolute atomic E-state index is 0.00214. The van der Waals surface area contributed by atoms with Gasteiger partial charge in [-0.05, 0) is 5.92 Å². The minimum atomic E-state index is -0.728. The van der Waals surface area contributed by atoms with Crippen LogP contribution in [0.15, 0.2) is 0 Å². The fraction of sp³-hybridized carbons (Fsp3) is 1.00. The van der Waals surface area contributed by atoms with Gasteiger partial charge in [0.1, 0.15) is 0 Å². The van der Waals surface area contributed by atoms with Crippen LogP contribution < -0.4 is 5.73 Å². The van der Waals surface area contributed by atoms with Gasteiger partial charge in [-0.3, -0.25) is 0 Å². The Balaban J connectivity index is 3.90. The Hall–Kier alpha value is 0.190. The molecule has 5 N–H and O–H groups in total. The van der Waals surface area contributed by atoms with Crippen molar-refractivity contribution in [3.05, 3.63) is 0 Å². The van der Waals surface area contributed by atoms with E-state index in [1.807, 2.05) is 13.8 Å². The van der Waals surface area contributed by atoms with E-state index in [0.29, 0.717) is 11.7 Å². The number of rotatable bonds is 7. The van der Waals surface area contributed by atoms with Gasteiger partial charge in [-0.15, -0.1) is 0 Å². The molecule has 0 heterocycles. The first kappa shape index (κ1) is 14.2. The predicted molar refractivity (Wildman–Crippen MR) is 59.2 cm³/mol. The summed E-state index contributed by atoms with van der Waals surface area (Å²) in [7, 11) is 0. The van der Waals surface area contributed by atoms with Crippen molar-refractivity contribution >= 4 is 11.8 Å². The van der Waals surface area contributed by atoms with E-state index in [1.54, 1.807) is 0 Å². The fourth-order valence-electron chi connectivity index (χ4n) is 1.00.